The number of hydrogen-bond donors (Lipinski definition) is 0. The third-order valence-corrected chi connectivity index (χ3v) is 4.06. The van der Waals surface area contributed by atoms with E-state index in [0.717, 1.165) is 16.9 Å². The molecule has 1 aliphatic heterocycles. The molecule has 0 spiro atoms. The van der Waals surface area contributed by atoms with Crippen molar-refractivity contribution in [3.8, 4) is 11.5 Å². The molecule has 0 atom stereocenters. The van der Waals surface area contributed by atoms with E-state index < -0.39 is 11.4 Å². The maximum absolute atomic E-state index is 13.9. The molecule has 1 aromatic rings. The number of rotatable bonds is 5. The van der Waals surface area contributed by atoms with Crippen LogP contribution in [0.2, 0.25) is 0 Å². The third kappa shape index (κ3) is 3.53. The Morgan fingerprint density at radius 3 is 2.58 bits per heavy atom. The topological polar surface area (TPSA) is 35.5 Å². The van der Waals surface area contributed by atoms with Crippen molar-refractivity contribution >= 4 is 17.4 Å². The zero-order valence-electron chi connectivity index (χ0n) is 15.2. The van der Waals surface area contributed by atoms with Gasteiger partial charge >= 0.3 is 0 Å². The summed E-state index contributed by atoms with van der Waals surface area (Å²) in [6, 6.07) is 3.66. The molecule has 2 rings (SSSR count). The molecule has 1 aliphatic rings. The van der Waals surface area contributed by atoms with Gasteiger partial charge in [0.2, 0.25) is 0 Å². The van der Waals surface area contributed by atoms with Crippen LogP contribution >= 0.6 is 0 Å². The molecule has 0 aromatic heterocycles. The SMILES string of the molecule is CCOc1cc2c(cc1/C(C)=C(/F)C=O)C(C(C)C)=CC(C)(C)O2. The number of carbonyl (C=O) groups is 1. The monoisotopic (exact) mass is 332 g/mol. The minimum Gasteiger partial charge on any atom is -0.493 e. The second kappa shape index (κ2) is 6.80. The molecule has 0 radical (unpaired) electrons. The lowest BCUT2D eigenvalue weighted by molar-refractivity contribution is -0.106. The molecule has 3 nitrogen and oxygen atoms in total. The first kappa shape index (κ1) is 18.2. The number of benzene rings is 1. The van der Waals surface area contributed by atoms with Gasteiger partial charge in [-0.1, -0.05) is 13.8 Å². The number of hydrogen-bond acceptors (Lipinski definition) is 3. The van der Waals surface area contributed by atoms with E-state index in [9.17, 15) is 9.18 Å². The number of halogens is 1. The summed E-state index contributed by atoms with van der Waals surface area (Å²) in [4.78, 5) is 10.8. The van der Waals surface area contributed by atoms with Gasteiger partial charge in [-0.05, 0) is 56.9 Å². The van der Waals surface area contributed by atoms with Crippen molar-refractivity contribution in [3.63, 3.8) is 0 Å². The molecule has 0 saturated heterocycles. The van der Waals surface area contributed by atoms with Crippen LogP contribution < -0.4 is 9.47 Å². The van der Waals surface area contributed by atoms with E-state index in [4.69, 9.17) is 9.47 Å². The van der Waals surface area contributed by atoms with Crippen LogP contribution in [0.15, 0.2) is 24.0 Å². The largest absolute Gasteiger partial charge is 0.493 e. The highest BCUT2D eigenvalue weighted by Crippen LogP contribution is 2.44. The summed E-state index contributed by atoms with van der Waals surface area (Å²) in [5.41, 5.74) is 2.49. The molecule has 130 valence electrons. The van der Waals surface area contributed by atoms with E-state index in [1.54, 1.807) is 13.0 Å². The lowest BCUT2D eigenvalue weighted by atomic mass is 9.86. The summed E-state index contributed by atoms with van der Waals surface area (Å²) in [6.07, 6.45) is 2.32. The standard InChI is InChI=1S/C20H25FO3/c1-7-23-18-9-19-15(8-14(18)13(4)17(21)11-22)16(12(2)3)10-20(5,6)24-19/h8-12H,7H2,1-6H3/b17-13+. The zero-order chi connectivity index (χ0) is 18.1. The van der Waals surface area contributed by atoms with Gasteiger partial charge < -0.3 is 9.47 Å². The minimum atomic E-state index is -0.789. The van der Waals surface area contributed by atoms with E-state index in [1.807, 2.05) is 26.8 Å². The fourth-order valence-electron chi connectivity index (χ4n) is 2.90. The molecule has 1 heterocycles. The van der Waals surface area contributed by atoms with Crippen molar-refractivity contribution in [1.29, 1.82) is 0 Å². The number of fused-ring (bicyclic) bond motifs is 1. The first-order valence-electron chi connectivity index (χ1n) is 8.25. The molecule has 0 saturated carbocycles. The highest BCUT2D eigenvalue weighted by Gasteiger charge is 2.29. The summed E-state index contributed by atoms with van der Waals surface area (Å²) in [5, 5.41) is 0. The van der Waals surface area contributed by atoms with E-state index in [2.05, 4.69) is 19.9 Å². The van der Waals surface area contributed by atoms with Gasteiger partial charge in [0.25, 0.3) is 0 Å². The second-order valence-corrected chi connectivity index (χ2v) is 6.83. The first-order chi connectivity index (χ1) is 11.2. The van der Waals surface area contributed by atoms with Gasteiger partial charge in [0.05, 0.1) is 6.61 Å². The predicted molar refractivity (Wildman–Crippen MR) is 94.9 cm³/mol. The summed E-state index contributed by atoms with van der Waals surface area (Å²) < 4.78 is 25.6. The number of carbonyl (C=O) groups excluding carboxylic acids is 1. The van der Waals surface area contributed by atoms with E-state index >= 15 is 0 Å². The number of allylic oxidation sites excluding steroid dienone is 3. The van der Waals surface area contributed by atoms with Crippen LogP contribution in [-0.2, 0) is 4.79 Å². The van der Waals surface area contributed by atoms with Gasteiger partial charge in [0.1, 0.15) is 17.1 Å². The highest BCUT2D eigenvalue weighted by atomic mass is 19.1. The number of aldehydes is 1. The predicted octanol–water partition coefficient (Wildman–Crippen LogP) is 5.20. The Labute approximate surface area is 143 Å². The van der Waals surface area contributed by atoms with Gasteiger partial charge in [-0.25, -0.2) is 4.39 Å². The minimum absolute atomic E-state index is 0.226. The average molecular weight is 332 g/mol. The van der Waals surface area contributed by atoms with Crippen molar-refractivity contribution in [3.05, 3.63) is 35.2 Å². The molecule has 0 N–H and O–H groups in total. The number of ether oxygens (including phenoxy) is 2. The highest BCUT2D eigenvalue weighted by molar-refractivity contribution is 5.88. The molecular formula is C20H25FO3. The smallest absolute Gasteiger partial charge is 0.178 e. The molecule has 0 fully saturated rings. The molecular weight excluding hydrogens is 307 g/mol. The van der Waals surface area contributed by atoms with Gasteiger partial charge in [-0.2, -0.15) is 0 Å². The Morgan fingerprint density at radius 2 is 2.04 bits per heavy atom. The van der Waals surface area contributed by atoms with E-state index in [-0.39, 0.29) is 17.8 Å². The van der Waals surface area contributed by atoms with Crippen molar-refractivity contribution < 1.29 is 18.7 Å². The van der Waals surface area contributed by atoms with Crippen molar-refractivity contribution in [2.45, 2.75) is 47.1 Å². The van der Waals surface area contributed by atoms with E-state index in [0.29, 0.717) is 17.9 Å². The van der Waals surface area contributed by atoms with Gasteiger partial charge in [-0.15, -0.1) is 0 Å². The molecule has 1 aromatic carbocycles. The lowest BCUT2D eigenvalue weighted by Gasteiger charge is -2.33. The molecule has 0 aliphatic carbocycles. The summed E-state index contributed by atoms with van der Waals surface area (Å²) >= 11 is 0. The molecule has 0 unspecified atom stereocenters. The maximum Gasteiger partial charge on any atom is 0.178 e. The third-order valence-electron chi connectivity index (χ3n) is 4.06. The Hall–Kier alpha value is -2.10. The molecule has 24 heavy (non-hydrogen) atoms. The molecule has 4 heteroatoms. The average Bonchev–Trinajstić information content (AvgIpc) is 2.51. The van der Waals surface area contributed by atoms with Crippen molar-refractivity contribution in [1.82, 2.24) is 0 Å². The zero-order valence-corrected chi connectivity index (χ0v) is 15.2. The molecule has 0 amide bonds. The normalized spacial score (nSPS) is 16.8. The second-order valence-electron chi connectivity index (χ2n) is 6.83. The fraction of sp³-hybridized carbons (Fsp3) is 0.450. The first-order valence-corrected chi connectivity index (χ1v) is 8.25. The van der Waals surface area contributed by atoms with Crippen LogP contribution in [0.3, 0.4) is 0 Å². The Bertz CT molecular complexity index is 712. The summed E-state index contributed by atoms with van der Waals surface area (Å²) in [7, 11) is 0. The van der Waals surface area contributed by atoms with Gasteiger partial charge in [-0.3, -0.25) is 4.79 Å². The van der Waals surface area contributed by atoms with Crippen LogP contribution in [-0.4, -0.2) is 18.5 Å². The van der Waals surface area contributed by atoms with Crippen molar-refractivity contribution in [2.24, 2.45) is 5.92 Å². The Morgan fingerprint density at radius 1 is 1.38 bits per heavy atom. The van der Waals surface area contributed by atoms with Crippen LogP contribution in [0.25, 0.3) is 11.1 Å². The maximum atomic E-state index is 13.9. The molecule has 0 bridgehead atoms. The van der Waals surface area contributed by atoms with E-state index in [1.165, 1.54) is 0 Å². The van der Waals surface area contributed by atoms with Crippen LogP contribution in [0.4, 0.5) is 4.39 Å². The van der Waals surface area contributed by atoms with Crippen LogP contribution in [0.1, 0.15) is 52.7 Å². The lowest BCUT2D eigenvalue weighted by Crippen LogP contribution is -2.29. The Balaban J connectivity index is 2.73. The summed E-state index contributed by atoms with van der Waals surface area (Å²) in [6.45, 7) is 12.1. The quantitative estimate of drug-likeness (QED) is 0.549. The van der Waals surface area contributed by atoms with Gasteiger partial charge in [0.15, 0.2) is 12.1 Å². The van der Waals surface area contributed by atoms with Crippen molar-refractivity contribution in [2.75, 3.05) is 6.61 Å². The van der Waals surface area contributed by atoms with Crippen LogP contribution in [0, 0.1) is 5.92 Å². The fourth-order valence-corrected chi connectivity index (χ4v) is 2.90. The Kier molecular flexibility index (Phi) is 5.16. The van der Waals surface area contributed by atoms with Gasteiger partial charge in [0, 0.05) is 17.2 Å². The summed E-state index contributed by atoms with van der Waals surface area (Å²) in [5.74, 6) is 0.741. The van der Waals surface area contributed by atoms with Crippen LogP contribution in [0.5, 0.6) is 11.5 Å².